The fourth-order valence-electron chi connectivity index (χ4n) is 3.00. The lowest BCUT2D eigenvalue weighted by molar-refractivity contribution is -0.122. The summed E-state index contributed by atoms with van der Waals surface area (Å²) in [5, 5.41) is 2.60. The van der Waals surface area contributed by atoms with E-state index < -0.39 is 17.8 Å². The Morgan fingerprint density at radius 2 is 1.94 bits per heavy atom. The summed E-state index contributed by atoms with van der Waals surface area (Å²) in [6.07, 6.45) is 3.03. The first kappa shape index (κ1) is 23.8. The van der Waals surface area contributed by atoms with Crippen molar-refractivity contribution in [2.45, 2.75) is 13.8 Å². The first-order valence-corrected chi connectivity index (χ1v) is 11.1. The van der Waals surface area contributed by atoms with E-state index in [9.17, 15) is 14.4 Å². The van der Waals surface area contributed by atoms with E-state index in [-0.39, 0.29) is 11.3 Å². The Morgan fingerprint density at radius 1 is 1.19 bits per heavy atom. The molecule has 1 saturated heterocycles. The second-order valence-corrected chi connectivity index (χ2v) is 8.32. The fourth-order valence-corrected chi connectivity index (χ4v) is 3.95. The molecule has 1 N–H and O–H groups in total. The van der Waals surface area contributed by atoms with Gasteiger partial charge in [-0.2, -0.15) is 0 Å². The van der Waals surface area contributed by atoms with Gasteiger partial charge in [-0.1, -0.05) is 30.3 Å². The van der Waals surface area contributed by atoms with Gasteiger partial charge in [0, 0.05) is 5.02 Å². The molecular formula is C23H20ClIN2O5. The number of urea groups is 1. The lowest BCUT2D eigenvalue weighted by atomic mass is 10.1. The van der Waals surface area contributed by atoms with Crippen molar-refractivity contribution in [1.82, 2.24) is 5.32 Å². The third kappa shape index (κ3) is 4.97. The predicted molar refractivity (Wildman–Crippen MR) is 131 cm³/mol. The SMILES string of the molecule is C=CCOc1c(I)cc(/C=C2/C(=O)NC(=O)N(c3ccc(C)c(Cl)c3)C2=O)cc1OCC. The molecule has 7 nitrogen and oxygen atoms in total. The Balaban J connectivity index is 2.03. The van der Waals surface area contributed by atoms with E-state index in [4.69, 9.17) is 21.1 Å². The normalized spacial score (nSPS) is 15.1. The van der Waals surface area contributed by atoms with E-state index in [1.54, 1.807) is 37.3 Å². The van der Waals surface area contributed by atoms with Crippen LogP contribution in [0.25, 0.3) is 6.08 Å². The van der Waals surface area contributed by atoms with Crippen molar-refractivity contribution < 1.29 is 23.9 Å². The maximum absolute atomic E-state index is 13.1. The molecule has 2 aromatic carbocycles. The first-order chi connectivity index (χ1) is 15.3. The zero-order valence-corrected chi connectivity index (χ0v) is 20.3. The number of ether oxygens (including phenoxy) is 2. The van der Waals surface area contributed by atoms with Crippen LogP contribution in [0.2, 0.25) is 5.02 Å². The number of carbonyl (C=O) groups is 3. The molecule has 0 spiro atoms. The molecule has 0 atom stereocenters. The number of aryl methyl sites for hydroxylation is 1. The van der Waals surface area contributed by atoms with Crippen LogP contribution in [0.5, 0.6) is 11.5 Å². The molecule has 0 radical (unpaired) electrons. The number of hydrogen-bond acceptors (Lipinski definition) is 5. The summed E-state index contributed by atoms with van der Waals surface area (Å²) >= 11 is 8.24. The maximum Gasteiger partial charge on any atom is 0.335 e. The van der Waals surface area contributed by atoms with Gasteiger partial charge in [0.25, 0.3) is 11.8 Å². The van der Waals surface area contributed by atoms with Gasteiger partial charge >= 0.3 is 6.03 Å². The second-order valence-electron chi connectivity index (χ2n) is 6.75. The third-order valence-corrected chi connectivity index (χ3v) is 5.71. The molecule has 0 aliphatic carbocycles. The van der Waals surface area contributed by atoms with Crippen molar-refractivity contribution in [1.29, 1.82) is 0 Å². The average molecular weight is 567 g/mol. The molecule has 1 heterocycles. The standard InChI is InChI=1S/C23H20ClIN2O5/c1-4-8-32-20-18(25)10-14(11-19(20)31-5-2)9-16-21(28)26-23(30)27(22(16)29)15-7-6-13(3)17(24)12-15/h4,6-7,9-12H,1,5,8H2,2-3H3,(H,26,28,30)/b16-9-. The number of hydrogen-bond donors (Lipinski definition) is 1. The van der Waals surface area contributed by atoms with E-state index in [1.165, 1.54) is 12.1 Å². The Morgan fingerprint density at radius 3 is 2.59 bits per heavy atom. The lowest BCUT2D eigenvalue weighted by Crippen LogP contribution is -2.54. The van der Waals surface area contributed by atoms with Crippen LogP contribution in [0, 0.1) is 10.5 Å². The number of barbiturate groups is 1. The van der Waals surface area contributed by atoms with Crippen molar-refractivity contribution in [3.8, 4) is 11.5 Å². The van der Waals surface area contributed by atoms with Gasteiger partial charge in [0.1, 0.15) is 12.2 Å². The number of benzene rings is 2. The number of halogens is 2. The van der Waals surface area contributed by atoms with Crippen molar-refractivity contribution >= 4 is 63.8 Å². The Bertz CT molecular complexity index is 1150. The van der Waals surface area contributed by atoms with E-state index in [0.717, 1.165) is 14.0 Å². The largest absolute Gasteiger partial charge is 0.490 e. The number of amides is 4. The Kier molecular flexibility index (Phi) is 7.57. The highest BCUT2D eigenvalue weighted by Gasteiger charge is 2.37. The molecule has 2 aromatic rings. The van der Waals surface area contributed by atoms with Gasteiger partial charge < -0.3 is 9.47 Å². The fraction of sp³-hybridized carbons (Fsp3) is 0.174. The molecule has 1 fully saturated rings. The summed E-state index contributed by atoms with van der Waals surface area (Å²) in [4.78, 5) is 38.9. The van der Waals surface area contributed by atoms with Gasteiger partial charge in [0.05, 0.1) is 15.9 Å². The first-order valence-electron chi connectivity index (χ1n) is 9.64. The number of rotatable bonds is 7. The summed E-state index contributed by atoms with van der Waals surface area (Å²) in [6.45, 7) is 7.98. The van der Waals surface area contributed by atoms with Gasteiger partial charge in [-0.3, -0.25) is 14.9 Å². The number of imide groups is 2. The van der Waals surface area contributed by atoms with Gasteiger partial charge in [0.15, 0.2) is 11.5 Å². The van der Waals surface area contributed by atoms with Crippen LogP contribution in [0.3, 0.4) is 0 Å². The molecule has 1 aliphatic heterocycles. The van der Waals surface area contributed by atoms with Crippen LogP contribution in [-0.2, 0) is 9.59 Å². The molecule has 0 bridgehead atoms. The summed E-state index contributed by atoms with van der Waals surface area (Å²) in [7, 11) is 0. The summed E-state index contributed by atoms with van der Waals surface area (Å²) < 4.78 is 12.1. The monoisotopic (exact) mass is 566 g/mol. The quantitative estimate of drug-likeness (QED) is 0.223. The molecular weight excluding hydrogens is 547 g/mol. The van der Waals surface area contributed by atoms with Crippen molar-refractivity contribution in [3.63, 3.8) is 0 Å². The minimum Gasteiger partial charge on any atom is -0.490 e. The molecule has 1 aliphatic rings. The Labute approximate surface area is 204 Å². The number of nitrogens with one attached hydrogen (secondary N) is 1. The van der Waals surface area contributed by atoms with E-state index in [2.05, 4.69) is 34.5 Å². The average Bonchev–Trinajstić information content (AvgIpc) is 2.73. The van der Waals surface area contributed by atoms with Crippen LogP contribution in [0.15, 0.2) is 48.6 Å². The molecule has 32 heavy (non-hydrogen) atoms. The second kappa shape index (κ2) is 10.2. The highest BCUT2D eigenvalue weighted by molar-refractivity contribution is 14.1. The van der Waals surface area contributed by atoms with Gasteiger partial charge in [0.2, 0.25) is 0 Å². The number of anilines is 1. The summed E-state index contributed by atoms with van der Waals surface area (Å²) in [6, 6.07) is 7.36. The van der Waals surface area contributed by atoms with Crippen LogP contribution < -0.4 is 19.7 Å². The summed E-state index contributed by atoms with van der Waals surface area (Å²) in [5.41, 5.74) is 1.40. The van der Waals surface area contributed by atoms with Crippen LogP contribution >= 0.6 is 34.2 Å². The molecule has 0 unspecified atom stereocenters. The smallest absolute Gasteiger partial charge is 0.335 e. The van der Waals surface area contributed by atoms with Crippen LogP contribution in [-0.4, -0.2) is 31.1 Å². The van der Waals surface area contributed by atoms with E-state index >= 15 is 0 Å². The van der Waals surface area contributed by atoms with Crippen molar-refractivity contribution in [2.75, 3.05) is 18.1 Å². The highest BCUT2D eigenvalue weighted by Crippen LogP contribution is 2.35. The summed E-state index contributed by atoms with van der Waals surface area (Å²) in [5.74, 6) is -0.525. The van der Waals surface area contributed by atoms with Gasteiger partial charge in [-0.15, -0.1) is 0 Å². The lowest BCUT2D eigenvalue weighted by Gasteiger charge is -2.26. The van der Waals surface area contributed by atoms with E-state index in [1.807, 2.05) is 6.92 Å². The van der Waals surface area contributed by atoms with Gasteiger partial charge in [-0.25, -0.2) is 9.69 Å². The predicted octanol–water partition coefficient (Wildman–Crippen LogP) is 4.88. The minimum atomic E-state index is -0.838. The molecule has 9 heteroatoms. The molecule has 166 valence electrons. The molecule has 3 rings (SSSR count). The van der Waals surface area contributed by atoms with Crippen LogP contribution in [0.4, 0.5) is 10.5 Å². The molecule has 0 aromatic heterocycles. The van der Waals surface area contributed by atoms with E-state index in [0.29, 0.717) is 35.3 Å². The highest BCUT2D eigenvalue weighted by atomic mass is 127. The zero-order chi connectivity index (χ0) is 23.4. The van der Waals surface area contributed by atoms with Crippen molar-refractivity contribution in [2.24, 2.45) is 0 Å². The number of carbonyl (C=O) groups excluding carboxylic acids is 3. The number of nitrogens with zero attached hydrogens (tertiary/aromatic N) is 1. The maximum atomic E-state index is 13.1. The topological polar surface area (TPSA) is 84.9 Å². The van der Waals surface area contributed by atoms with Crippen molar-refractivity contribution in [3.05, 3.63) is 68.3 Å². The minimum absolute atomic E-state index is 0.195. The zero-order valence-electron chi connectivity index (χ0n) is 17.4. The van der Waals surface area contributed by atoms with Crippen LogP contribution in [0.1, 0.15) is 18.1 Å². The Hall–Kier alpha value is -2.85. The third-order valence-electron chi connectivity index (χ3n) is 4.50. The molecule has 0 saturated carbocycles. The molecule has 4 amide bonds. The van der Waals surface area contributed by atoms with Gasteiger partial charge in [-0.05, 0) is 77.9 Å².